The molecule has 0 N–H and O–H groups in total. The van der Waals surface area contributed by atoms with Gasteiger partial charge in [0, 0.05) is 18.5 Å². The minimum absolute atomic E-state index is 0.0606. The summed E-state index contributed by atoms with van der Waals surface area (Å²) < 4.78 is 1.18. The molecule has 0 spiro atoms. The summed E-state index contributed by atoms with van der Waals surface area (Å²) in [5, 5.41) is 4.31. The first-order valence-electron chi connectivity index (χ1n) is 7.37. The van der Waals surface area contributed by atoms with E-state index in [1.807, 2.05) is 18.2 Å². The molecule has 0 aliphatic carbocycles. The number of fused-ring (bicyclic) bond motifs is 1. The molecule has 22 heavy (non-hydrogen) atoms. The van der Waals surface area contributed by atoms with Crippen molar-refractivity contribution < 1.29 is 0 Å². The van der Waals surface area contributed by atoms with Crippen LogP contribution in [0.15, 0.2) is 35.7 Å². The first-order valence-corrected chi connectivity index (χ1v) is 8.63. The summed E-state index contributed by atoms with van der Waals surface area (Å²) in [6.07, 6.45) is 4.06. The van der Waals surface area contributed by atoms with Crippen LogP contribution in [0.1, 0.15) is 26.3 Å². The third-order valence-electron chi connectivity index (χ3n) is 3.14. The maximum absolute atomic E-state index is 6.23. The lowest BCUT2D eigenvalue weighted by Gasteiger charge is -2.13. The average Bonchev–Trinajstić information content (AvgIpc) is 2.82. The van der Waals surface area contributed by atoms with Gasteiger partial charge in [-0.25, -0.2) is 0 Å². The van der Waals surface area contributed by atoms with Gasteiger partial charge in [-0.2, -0.15) is 0 Å². The van der Waals surface area contributed by atoms with Gasteiger partial charge < -0.3 is 0 Å². The lowest BCUT2D eigenvalue weighted by atomic mass is 9.98. The number of thiophene rings is 1. The molecule has 1 aromatic heterocycles. The van der Waals surface area contributed by atoms with Crippen molar-refractivity contribution in [1.29, 1.82) is 0 Å². The first-order chi connectivity index (χ1) is 10.4. The van der Waals surface area contributed by atoms with Crippen LogP contribution in [-0.2, 0) is 6.54 Å². The topological polar surface area (TPSA) is 3.24 Å². The first kappa shape index (κ1) is 17.1. The molecular formula is C19H22ClNS. The summed E-state index contributed by atoms with van der Waals surface area (Å²) >= 11 is 7.95. The minimum atomic E-state index is 0.0606. The minimum Gasteiger partial charge on any atom is -0.298 e. The molecule has 0 saturated carbocycles. The fourth-order valence-electron chi connectivity index (χ4n) is 2.10. The number of likely N-dealkylation sites (N-methyl/N-ethyl adjacent to an activating group) is 1. The zero-order valence-corrected chi connectivity index (χ0v) is 15.2. The summed E-state index contributed by atoms with van der Waals surface area (Å²) in [4.78, 5) is 2.28. The second-order valence-electron chi connectivity index (χ2n) is 6.50. The number of allylic oxidation sites excluding steroid dienone is 1. The molecule has 2 aromatic rings. The molecule has 1 aromatic carbocycles. The molecule has 0 aliphatic rings. The van der Waals surface area contributed by atoms with E-state index in [0.717, 1.165) is 18.1 Å². The van der Waals surface area contributed by atoms with E-state index in [0.29, 0.717) is 0 Å². The van der Waals surface area contributed by atoms with Crippen LogP contribution in [0.25, 0.3) is 10.1 Å². The van der Waals surface area contributed by atoms with E-state index in [-0.39, 0.29) is 5.41 Å². The van der Waals surface area contributed by atoms with Crippen molar-refractivity contribution in [2.24, 2.45) is 5.41 Å². The highest BCUT2D eigenvalue weighted by molar-refractivity contribution is 7.18. The van der Waals surface area contributed by atoms with Gasteiger partial charge in [-0.1, -0.05) is 41.7 Å². The second-order valence-corrected chi connectivity index (χ2v) is 7.78. The van der Waals surface area contributed by atoms with Crippen molar-refractivity contribution >= 4 is 33.0 Å². The molecule has 0 amide bonds. The third-order valence-corrected chi connectivity index (χ3v) is 4.64. The van der Waals surface area contributed by atoms with Gasteiger partial charge >= 0.3 is 0 Å². The maximum atomic E-state index is 6.23. The van der Waals surface area contributed by atoms with Crippen molar-refractivity contribution in [3.63, 3.8) is 0 Å². The smallest absolute Gasteiger partial charge is 0.0584 e. The van der Waals surface area contributed by atoms with Gasteiger partial charge in [0.1, 0.15) is 0 Å². The van der Waals surface area contributed by atoms with E-state index < -0.39 is 0 Å². The summed E-state index contributed by atoms with van der Waals surface area (Å²) in [5.74, 6) is 6.31. The van der Waals surface area contributed by atoms with Gasteiger partial charge in [0.15, 0.2) is 0 Å². The fraction of sp³-hybridized carbons (Fsp3) is 0.368. The quantitative estimate of drug-likeness (QED) is 0.660. The van der Waals surface area contributed by atoms with Crippen LogP contribution in [-0.4, -0.2) is 18.5 Å². The molecule has 0 radical (unpaired) electrons. The number of hydrogen-bond acceptors (Lipinski definition) is 2. The second kappa shape index (κ2) is 7.33. The molecule has 1 nitrogen and oxygen atoms in total. The molecule has 0 atom stereocenters. The largest absolute Gasteiger partial charge is 0.298 e. The maximum Gasteiger partial charge on any atom is 0.0584 e. The van der Waals surface area contributed by atoms with Crippen molar-refractivity contribution in [3.05, 3.63) is 46.3 Å². The Hall–Kier alpha value is -1.27. The van der Waals surface area contributed by atoms with Gasteiger partial charge in [-0.05, 0) is 56.3 Å². The highest BCUT2D eigenvalue weighted by atomic mass is 35.5. The Kier molecular flexibility index (Phi) is 5.69. The summed E-state index contributed by atoms with van der Waals surface area (Å²) in [7, 11) is 2.12. The molecule has 2 rings (SSSR count). The number of halogens is 1. The normalized spacial score (nSPS) is 12.1. The standard InChI is InChI=1S/C19H22ClNS/c1-19(2,3)11-6-5-7-12-21(4)13-15-14-22-18-16(15)9-8-10-17(18)20/h5,7-10,14H,12-13H2,1-4H3/b7-5+. The molecule has 0 bridgehead atoms. The number of hydrogen-bond donors (Lipinski definition) is 0. The van der Waals surface area contributed by atoms with Crippen LogP contribution < -0.4 is 0 Å². The Morgan fingerprint density at radius 1 is 1.32 bits per heavy atom. The predicted octanol–water partition coefficient (Wildman–Crippen LogP) is 5.59. The molecule has 0 aliphatic heterocycles. The Balaban J connectivity index is 1.96. The highest BCUT2D eigenvalue weighted by Gasteiger charge is 2.08. The van der Waals surface area contributed by atoms with Crippen molar-refractivity contribution in [2.45, 2.75) is 27.3 Å². The highest BCUT2D eigenvalue weighted by Crippen LogP contribution is 2.32. The fourth-order valence-corrected chi connectivity index (χ4v) is 3.38. The van der Waals surface area contributed by atoms with Gasteiger partial charge in [0.25, 0.3) is 0 Å². The summed E-state index contributed by atoms with van der Waals surface area (Å²) in [6, 6.07) is 6.11. The van der Waals surface area contributed by atoms with Crippen molar-refractivity contribution in [3.8, 4) is 11.8 Å². The zero-order chi connectivity index (χ0) is 16.2. The summed E-state index contributed by atoms with van der Waals surface area (Å²) in [5.41, 5.74) is 1.39. The van der Waals surface area contributed by atoms with Crippen molar-refractivity contribution in [2.75, 3.05) is 13.6 Å². The predicted molar refractivity (Wildman–Crippen MR) is 99.5 cm³/mol. The van der Waals surface area contributed by atoms with Crippen LogP contribution in [0.3, 0.4) is 0 Å². The Labute approximate surface area is 142 Å². The zero-order valence-electron chi connectivity index (χ0n) is 13.6. The van der Waals surface area contributed by atoms with E-state index in [4.69, 9.17) is 11.6 Å². The van der Waals surface area contributed by atoms with Gasteiger partial charge in [-0.3, -0.25) is 4.90 Å². The van der Waals surface area contributed by atoms with Crippen LogP contribution in [0.4, 0.5) is 0 Å². The Morgan fingerprint density at radius 2 is 2.09 bits per heavy atom. The van der Waals surface area contributed by atoms with Crippen LogP contribution >= 0.6 is 22.9 Å². The lowest BCUT2D eigenvalue weighted by Crippen LogP contribution is -2.17. The van der Waals surface area contributed by atoms with Crippen LogP contribution in [0, 0.1) is 17.3 Å². The third kappa shape index (κ3) is 4.88. The molecule has 1 heterocycles. The lowest BCUT2D eigenvalue weighted by molar-refractivity contribution is 0.365. The molecular weight excluding hydrogens is 310 g/mol. The summed E-state index contributed by atoms with van der Waals surface area (Å²) in [6.45, 7) is 8.15. The molecule has 0 unspecified atom stereocenters. The van der Waals surface area contributed by atoms with E-state index in [2.05, 4.69) is 62.1 Å². The monoisotopic (exact) mass is 331 g/mol. The number of rotatable bonds is 4. The molecule has 0 saturated heterocycles. The SMILES string of the molecule is CN(C/C=C/C#CC(C)(C)C)Cc1csc2c(Cl)cccc12. The average molecular weight is 332 g/mol. The van der Waals surface area contributed by atoms with E-state index in [9.17, 15) is 0 Å². The van der Waals surface area contributed by atoms with Gasteiger partial charge in [-0.15, -0.1) is 11.3 Å². The van der Waals surface area contributed by atoms with E-state index >= 15 is 0 Å². The molecule has 3 heteroatoms. The van der Waals surface area contributed by atoms with Crippen LogP contribution in [0.2, 0.25) is 5.02 Å². The van der Waals surface area contributed by atoms with Gasteiger partial charge in [0.05, 0.1) is 9.72 Å². The number of benzene rings is 1. The van der Waals surface area contributed by atoms with Crippen molar-refractivity contribution in [1.82, 2.24) is 4.90 Å². The Morgan fingerprint density at radius 3 is 2.82 bits per heavy atom. The van der Waals surface area contributed by atoms with Gasteiger partial charge in [0.2, 0.25) is 0 Å². The van der Waals surface area contributed by atoms with E-state index in [1.54, 1.807) is 11.3 Å². The van der Waals surface area contributed by atoms with Crippen LogP contribution in [0.5, 0.6) is 0 Å². The number of nitrogens with zero attached hydrogens (tertiary/aromatic N) is 1. The molecule has 116 valence electrons. The van der Waals surface area contributed by atoms with E-state index in [1.165, 1.54) is 15.6 Å². The molecule has 0 fully saturated rings. The Bertz CT molecular complexity index is 725.